The summed E-state index contributed by atoms with van der Waals surface area (Å²) < 4.78 is 0. The average Bonchev–Trinajstić information content (AvgIpc) is 2.48. The Kier molecular flexibility index (Phi) is 4.42. The van der Waals surface area contributed by atoms with Crippen LogP contribution in [0.5, 0.6) is 0 Å². The van der Waals surface area contributed by atoms with Crippen LogP contribution in [0.25, 0.3) is 0 Å². The lowest BCUT2D eigenvalue weighted by molar-refractivity contribution is 0.0961. The Morgan fingerprint density at radius 2 is 1.85 bits per heavy atom. The fourth-order valence-corrected chi connectivity index (χ4v) is 4.23. The summed E-state index contributed by atoms with van der Waals surface area (Å²) in [7, 11) is 2.11. The van der Waals surface area contributed by atoms with Crippen molar-refractivity contribution in [3.63, 3.8) is 0 Å². The highest BCUT2D eigenvalue weighted by molar-refractivity contribution is 5.29. The Hall–Kier alpha value is -0.860. The Morgan fingerprint density at radius 1 is 1.10 bits per heavy atom. The maximum atomic E-state index is 3.46. The van der Waals surface area contributed by atoms with Crippen LogP contribution in [-0.2, 0) is 13.0 Å². The maximum absolute atomic E-state index is 3.46. The standard InChI is InChI=1S/C18H28N2/c1-19-14-18(10-5-2-6-11-18)15-20-12-9-16-7-3-4-8-17(16)13-20/h3-4,7-8,19H,2,5-6,9-15H2,1H3. The first kappa shape index (κ1) is 14.1. The Morgan fingerprint density at radius 3 is 2.60 bits per heavy atom. The highest BCUT2D eigenvalue weighted by Crippen LogP contribution is 2.37. The molecule has 0 atom stereocenters. The molecule has 1 aliphatic carbocycles. The molecule has 20 heavy (non-hydrogen) atoms. The van der Waals surface area contributed by atoms with Crippen molar-refractivity contribution < 1.29 is 0 Å². The van der Waals surface area contributed by atoms with Gasteiger partial charge >= 0.3 is 0 Å². The van der Waals surface area contributed by atoms with Gasteiger partial charge < -0.3 is 5.32 Å². The molecule has 1 saturated carbocycles. The van der Waals surface area contributed by atoms with Gasteiger partial charge in [-0.15, -0.1) is 0 Å². The van der Waals surface area contributed by atoms with Gasteiger partial charge in [-0.3, -0.25) is 4.90 Å². The zero-order valence-corrected chi connectivity index (χ0v) is 12.8. The summed E-state index contributed by atoms with van der Waals surface area (Å²) in [4.78, 5) is 2.70. The van der Waals surface area contributed by atoms with E-state index in [1.165, 1.54) is 58.2 Å². The number of benzene rings is 1. The number of hydrogen-bond acceptors (Lipinski definition) is 2. The van der Waals surface area contributed by atoms with Crippen LogP contribution in [0.1, 0.15) is 43.2 Å². The average molecular weight is 272 g/mol. The summed E-state index contributed by atoms with van der Waals surface area (Å²) in [6.07, 6.45) is 8.33. The molecule has 0 spiro atoms. The number of rotatable bonds is 4. The number of nitrogens with zero attached hydrogens (tertiary/aromatic N) is 1. The summed E-state index contributed by atoms with van der Waals surface area (Å²) in [6.45, 7) is 4.86. The summed E-state index contributed by atoms with van der Waals surface area (Å²) in [5.74, 6) is 0. The molecule has 1 fully saturated rings. The SMILES string of the molecule is CNCC1(CN2CCc3ccccc3C2)CCCCC1. The van der Waals surface area contributed by atoms with Crippen molar-refractivity contribution >= 4 is 0 Å². The van der Waals surface area contributed by atoms with Crippen LogP contribution in [0.2, 0.25) is 0 Å². The highest BCUT2D eigenvalue weighted by Gasteiger charge is 2.34. The molecule has 1 aromatic carbocycles. The van der Waals surface area contributed by atoms with Gasteiger partial charge in [0.15, 0.2) is 0 Å². The highest BCUT2D eigenvalue weighted by atomic mass is 15.1. The van der Waals surface area contributed by atoms with Gasteiger partial charge in [0.05, 0.1) is 0 Å². The number of nitrogens with one attached hydrogen (secondary N) is 1. The third-order valence-electron chi connectivity index (χ3n) is 5.23. The summed E-state index contributed by atoms with van der Waals surface area (Å²) >= 11 is 0. The molecule has 0 bridgehead atoms. The first-order valence-corrected chi connectivity index (χ1v) is 8.25. The van der Waals surface area contributed by atoms with Gasteiger partial charge in [0.1, 0.15) is 0 Å². The van der Waals surface area contributed by atoms with Crippen LogP contribution in [0.3, 0.4) is 0 Å². The second-order valence-corrected chi connectivity index (χ2v) is 6.82. The monoisotopic (exact) mass is 272 g/mol. The van der Waals surface area contributed by atoms with Crippen molar-refractivity contribution in [3.05, 3.63) is 35.4 Å². The van der Waals surface area contributed by atoms with Gasteiger partial charge in [-0.1, -0.05) is 43.5 Å². The molecule has 1 N–H and O–H groups in total. The molecule has 2 heteroatoms. The van der Waals surface area contributed by atoms with E-state index < -0.39 is 0 Å². The molecule has 1 aliphatic heterocycles. The Balaban J connectivity index is 1.68. The molecule has 1 heterocycles. The van der Waals surface area contributed by atoms with E-state index in [0.29, 0.717) is 5.41 Å². The number of hydrogen-bond donors (Lipinski definition) is 1. The van der Waals surface area contributed by atoms with Crippen LogP contribution in [0.15, 0.2) is 24.3 Å². The second-order valence-electron chi connectivity index (χ2n) is 6.82. The smallest absolute Gasteiger partial charge is 0.0236 e. The van der Waals surface area contributed by atoms with Crippen LogP contribution >= 0.6 is 0 Å². The minimum atomic E-state index is 0.527. The molecular weight excluding hydrogens is 244 g/mol. The van der Waals surface area contributed by atoms with E-state index in [9.17, 15) is 0 Å². The normalized spacial score (nSPS) is 22.4. The lowest BCUT2D eigenvalue weighted by Crippen LogP contribution is -2.46. The van der Waals surface area contributed by atoms with Crippen LogP contribution in [0, 0.1) is 5.41 Å². The fourth-order valence-electron chi connectivity index (χ4n) is 4.23. The Labute approximate surface area is 123 Å². The van der Waals surface area contributed by atoms with Gasteiger partial charge in [-0.25, -0.2) is 0 Å². The molecule has 1 aromatic rings. The van der Waals surface area contributed by atoms with E-state index in [2.05, 4.69) is 41.5 Å². The minimum absolute atomic E-state index is 0.527. The minimum Gasteiger partial charge on any atom is -0.319 e. The number of fused-ring (bicyclic) bond motifs is 1. The molecule has 110 valence electrons. The topological polar surface area (TPSA) is 15.3 Å². The second kappa shape index (κ2) is 6.28. The van der Waals surface area contributed by atoms with Crippen LogP contribution in [0.4, 0.5) is 0 Å². The Bertz CT molecular complexity index is 429. The van der Waals surface area contributed by atoms with E-state index >= 15 is 0 Å². The summed E-state index contributed by atoms with van der Waals surface area (Å²) in [5.41, 5.74) is 3.64. The molecule has 0 unspecified atom stereocenters. The van der Waals surface area contributed by atoms with Crippen molar-refractivity contribution in [2.24, 2.45) is 5.41 Å². The van der Waals surface area contributed by atoms with Crippen LogP contribution < -0.4 is 5.32 Å². The third-order valence-corrected chi connectivity index (χ3v) is 5.23. The molecule has 0 radical (unpaired) electrons. The lowest BCUT2D eigenvalue weighted by Gasteiger charge is -2.42. The molecule has 2 aliphatic rings. The van der Waals surface area contributed by atoms with Crippen LogP contribution in [-0.4, -0.2) is 31.6 Å². The predicted molar refractivity (Wildman–Crippen MR) is 84.9 cm³/mol. The van der Waals surface area contributed by atoms with Crippen molar-refractivity contribution in [1.82, 2.24) is 10.2 Å². The van der Waals surface area contributed by atoms with Gasteiger partial charge in [0.2, 0.25) is 0 Å². The van der Waals surface area contributed by atoms with E-state index in [1.807, 2.05) is 0 Å². The summed E-state index contributed by atoms with van der Waals surface area (Å²) in [5, 5.41) is 3.46. The van der Waals surface area contributed by atoms with E-state index in [-0.39, 0.29) is 0 Å². The zero-order valence-electron chi connectivity index (χ0n) is 12.8. The van der Waals surface area contributed by atoms with Crippen molar-refractivity contribution in [2.75, 3.05) is 26.7 Å². The van der Waals surface area contributed by atoms with Crippen molar-refractivity contribution in [1.29, 1.82) is 0 Å². The van der Waals surface area contributed by atoms with E-state index in [4.69, 9.17) is 0 Å². The maximum Gasteiger partial charge on any atom is 0.0236 e. The molecule has 0 aromatic heterocycles. The lowest BCUT2D eigenvalue weighted by atomic mass is 9.73. The first-order chi connectivity index (χ1) is 9.81. The van der Waals surface area contributed by atoms with E-state index in [0.717, 1.165) is 6.54 Å². The molecule has 3 rings (SSSR count). The predicted octanol–water partition coefficient (Wildman–Crippen LogP) is 3.21. The van der Waals surface area contributed by atoms with Gasteiger partial charge in [-0.2, -0.15) is 0 Å². The summed E-state index contributed by atoms with van der Waals surface area (Å²) in [6, 6.07) is 8.98. The van der Waals surface area contributed by atoms with Crippen molar-refractivity contribution in [3.8, 4) is 0 Å². The third kappa shape index (κ3) is 3.07. The quantitative estimate of drug-likeness (QED) is 0.905. The molecular formula is C18H28N2. The van der Waals surface area contributed by atoms with Gasteiger partial charge in [0.25, 0.3) is 0 Å². The van der Waals surface area contributed by atoms with Crippen molar-refractivity contribution in [2.45, 2.75) is 45.1 Å². The molecule has 0 saturated heterocycles. The van der Waals surface area contributed by atoms with Gasteiger partial charge in [0, 0.05) is 26.2 Å². The fraction of sp³-hybridized carbons (Fsp3) is 0.667. The first-order valence-electron chi connectivity index (χ1n) is 8.25. The van der Waals surface area contributed by atoms with E-state index in [1.54, 1.807) is 11.1 Å². The molecule has 2 nitrogen and oxygen atoms in total. The largest absolute Gasteiger partial charge is 0.319 e. The molecule has 0 amide bonds. The van der Waals surface area contributed by atoms with Gasteiger partial charge in [-0.05, 0) is 42.9 Å². The zero-order chi connectivity index (χ0) is 13.8.